The summed E-state index contributed by atoms with van der Waals surface area (Å²) in [4.78, 5) is 30.2. The summed E-state index contributed by atoms with van der Waals surface area (Å²) in [6, 6.07) is 8.87. The first-order valence-corrected chi connectivity index (χ1v) is 9.94. The maximum absolute atomic E-state index is 12.9. The fraction of sp³-hybridized carbons (Fsp3) is 0.211. The standard InChI is InChI=1S/C19H14Cl2N2O4S/c1-9-2-3-14-13(4-9)23(19(26)15(27-14)7-18(24)25)8-17-22-12-5-10(20)11(21)6-16(12)28-17/h2-6,15H,7-8H2,1H3,(H,24,25). The van der Waals surface area contributed by atoms with Crippen LogP contribution in [0.3, 0.4) is 0 Å². The summed E-state index contributed by atoms with van der Waals surface area (Å²) in [7, 11) is 0. The Morgan fingerprint density at radius 2 is 2.04 bits per heavy atom. The third-order valence-corrected chi connectivity index (χ3v) is 6.07. The van der Waals surface area contributed by atoms with Gasteiger partial charge in [-0.2, -0.15) is 0 Å². The highest BCUT2D eigenvalue weighted by Crippen LogP contribution is 2.38. The molecule has 1 aliphatic rings. The molecule has 4 rings (SSSR count). The molecule has 1 amide bonds. The lowest BCUT2D eigenvalue weighted by Crippen LogP contribution is -2.46. The molecule has 0 spiro atoms. The summed E-state index contributed by atoms with van der Waals surface area (Å²) in [6.45, 7) is 2.11. The van der Waals surface area contributed by atoms with Crippen LogP contribution in [-0.2, 0) is 16.1 Å². The Kier molecular flexibility index (Phi) is 4.91. The molecule has 144 valence electrons. The molecule has 0 aliphatic carbocycles. The first-order valence-electron chi connectivity index (χ1n) is 8.37. The average Bonchev–Trinajstić information content (AvgIpc) is 3.00. The summed E-state index contributed by atoms with van der Waals surface area (Å²) < 4.78 is 6.50. The third kappa shape index (κ3) is 3.53. The zero-order chi connectivity index (χ0) is 20.0. The van der Waals surface area contributed by atoms with Gasteiger partial charge in [0.05, 0.1) is 38.9 Å². The zero-order valence-corrected chi connectivity index (χ0v) is 16.9. The molecule has 9 heteroatoms. The number of carboxylic acid groups (broad SMARTS) is 1. The van der Waals surface area contributed by atoms with Gasteiger partial charge in [-0.3, -0.25) is 14.5 Å². The van der Waals surface area contributed by atoms with E-state index in [1.807, 2.05) is 19.1 Å². The molecule has 1 atom stereocenters. The topological polar surface area (TPSA) is 79.7 Å². The van der Waals surface area contributed by atoms with Gasteiger partial charge in [0, 0.05) is 0 Å². The number of aryl methyl sites for hydroxylation is 1. The third-order valence-electron chi connectivity index (χ3n) is 4.34. The quantitative estimate of drug-likeness (QED) is 0.641. The molecule has 0 saturated carbocycles. The Morgan fingerprint density at radius 3 is 2.79 bits per heavy atom. The number of halogens is 2. The van der Waals surface area contributed by atoms with Crippen LogP contribution in [0.4, 0.5) is 5.69 Å². The van der Waals surface area contributed by atoms with E-state index in [-0.39, 0.29) is 6.54 Å². The SMILES string of the molecule is Cc1ccc2c(c1)N(Cc1nc3cc(Cl)c(Cl)cc3s1)C(=O)C(CC(=O)O)O2. The number of rotatable bonds is 4. The molecule has 1 aromatic heterocycles. The van der Waals surface area contributed by atoms with Crippen LogP contribution in [-0.4, -0.2) is 28.1 Å². The Balaban J connectivity index is 1.73. The van der Waals surface area contributed by atoms with Gasteiger partial charge >= 0.3 is 5.97 Å². The van der Waals surface area contributed by atoms with E-state index < -0.39 is 24.4 Å². The Morgan fingerprint density at radius 1 is 1.29 bits per heavy atom. The van der Waals surface area contributed by atoms with E-state index in [1.54, 1.807) is 18.2 Å². The number of hydrogen-bond acceptors (Lipinski definition) is 5. The molecule has 2 heterocycles. The maximum Gasteiger partial charge on any atom is 0.307 e. The number of thiazole rings is 1. The smallest absolute Gasteiger partial charge is 0.307 e. The number of nitrogens with zero attached hydrogens (tertiary/aromatic N) is 2. The van der Waals surface area contributed by atoms with Crippen LogP contribution in [0.5, 0.6) is 5.75 Å². The van der Waals surface area contributed by atoms with Crippen molar-refractivity contribution in [3.05, 3.63) is 50.9 Å². The van der Waals surface area contributed by atoms with Gasteiger partial charge in [0.1, 0.15) is 10.8 Å². The van der Waals surface area contributed by atoms with Crippen molar-refractivity contribution in [1.29, 1.82) is 0 Å². The van der Waals surface area contributed by atoms with Crippen LogP contribution in [0.15, 0.2) is 30.3 Å². The number of aliphatic carboxylic acids is 1. The number of carbonyl (C=O) groups excluding carboxylic acids is 1. The van der Waals surface area contributed by atoms with Crippen molar-refractivity contribution in [2.75, 3.05) is 4.90 Å². The van der Waals surface area contributed by atoms with E-state index >= 15 is 0 Å². The number of fused-ring (bicyclic) bond motifs is 2. The van der Waals surface area contributed by atoms with E-state index in [1.165, 1.54) is 16.2 Å². The minimum atomic E-state index is -1.10. The van der Waals surface area contributed by atoms with Gasteiger partial charge < -0.3 is 9.84 Å². The summed E-state index contributed by atoms with van der Waals surface area (Å²) >= 11 is 13.5. The molecule has 6 nitrogen and oxygen atoms in total. The van der Waals surface area contributed by atoms with E-state index in [4.69, 9.17) is 33.0 Å². The minimum absolute atomic E-state index is 0.198. The van der Waals surface area contributed by atoms with Crippen LogP contribution < -0.4 is 9.64 Å². The number of hydrogen-bond donors (Lipinski definition) is 1. The molecule has 0 saturated heterocycles. The maximum atomic E-state index is 12.9. The van der Waals surface area contributed by atoms with Crippen molar-refractivity contribution in [3.8, 4) is 5.75 Å². The highest BCUT2D eigenvalue weighted by molar-refractivity contribution is 7.18. The average molecular weight is 437 g/mol. The van der Waals surface area contributed by atoms with Gasteiger partial charge in [0.15, 0.2) is 6.10 Å². The molecule has 0 bridgehead atoms. The molecule has 1 unspecified atom stereocenters. The molecule has 0 radical (unpaired) electrons. The highest BCUT2D eigenvalue weighted by Gasteiger charge is 2.36. The highest BCUT2D eigenvalue weighted by atomic mass is 35.5. The van der Waals surface area contributed by atoms with Crippen LogP contribution >= 0.6 is 34.5 Å². The molecule has 0 fully saturated rings. The Labute approximate surface area is 174 Å². The van der Waals surface area contributed by atoms with E-state index in [0.717, 1.165) is 10.3 Å². The lowest BCUT2D eigenvalue weighted by atomic mass is 10.1. The number of carbonyl (C=O) groups is 2. The zero-order valence-electron chi connectivity index (χ0n) is 14.6. The van der Waals surface area contributed by atoms with Gasteiger partial charge in [-0.05, 0) is 36.8 Å². The summed E-state index contributed by atoms with van der Waals surface area (Å²) in [5.74, 6) is -1.03. The number of benzene rings is 2. The number of anilines is 1. The molecular weight excluding hydrogens is 423 g/mol. The van der Waals surface area contributed by atoms with Gasteiger partial charge in [0.25, 0.3) is 5.91 Å². The van der Waals surface area contributed by atoms with E-state index in [0.29, 0.717) is 32.0 Å². The molecule has 1 aliphatic heterocycles. The predicted octanol–water partition coefficient (Wildman–Crippen LogP) is 4.68. The molecule has 3 aromatic rings. The van der Waals surface area contributed by atoms with Gasteiger partial charge in [-0.25, -0.2) is 4.98 Å². The van der Waals surface area contributed by atoms with Crippen LogP contribution in [0.2, 0.25) is 10.0 Å². The molecular formula is C19H14Cl2N2O4S. The summed E-state index contributed by atoms with van der Waals surface area (Å²) in [5.41, 5.74) is 2.25. The minimum Gasteiger partial charge on any atom is -0.481 e. The Bertz CT molecular complexity index is 1080. The largest absolute Gasteiger partial charge is 0.481 e. The first kappa shape index (κ1) is 19.0. The number of carboxylic acids is 1. The van der Waals surface area contributed by atoms with Crippen LogP contribution in [0.1, 0.15) is 17.0 Å². The second-order valence-corrected chi connectivity index (χ2v) is 8.37. The second-order valence-electron chi connectivity index (χ2n) is 6.44. The van der Waals surface area contributed by atoms with Crippen molar-refractivity contribution >= 4 is 62.3 Å². The van der Waals surface area contributed by atoms with E-state index in [9.17, 15) is 9.59 Å². The number of aromatic nitrogens is 1. The summed E-state index contributed by atoms with van der Waals surface area (Å²) in [6.07, 6.45) is -1.49. The molecule has 28 heavy (non-hydrogen) atoms. The predicted molar refractivity (Wildman–Crippen MR) is 109 cm³/mol. The van der Waals surface area contributed by atoms with Crippen molar-refractivity contribution in [2.24, 2.45) is 0 Å². The second kappa shape index (κ2) is 7.24. The lowest BCUT2D eigenvalue weighted by Gasteiger charge is -2.33. The summed E-state index contributed by atoms with van der Waals surface area (Å²) in [5, 5.41) is 10.7. The lowest BCUT2D eigenvalue weighted by molar-refractivity contribution is -0.142. The number of amides is 1. The fourth-order valence-electron chi connectivity index (χ4n) is 3.06. The van der Waals surface area contributed by atoms with Gasteiger partial charge in [0.2, 0.25) is 0 Å². The van der Waals surface area contributed by atoms with Crippen molar-refractivity contribution in [3.63, 3.8) is 0 Å². The number of ether oxygens (including phenoxy) is 1. The molecule has 2 aromatic carbocycles. The van der Waals surface area contributed by atoms with Crippen LogP contribution in [0, 0.1) is 6.92 Å². The fourth-order valence-corrected chi connectivity index (χ4v) is 4.42. The monoisotopic (exact) mass is 436 g/mol. The Hall–Kier alpha value is -2.35. The van der Waals surface area contributed by atoms with Crippen molar-refractivity contribution in [2.45, 2.75) is 26.0 Å². The van der Waals surface area contributed by atoms with Crippen molar-refractivity contribution < 1.29 is 19.4 Å². The van der Waals surface area contributed by atoms with Crippen molar-refractivity contribution in [1.82, 2.24) is 4.98 Å². The molecule has 1 N–H and O–H groups in total. The van der Waals surface area contributed by atoms with Crippen LogP contribution in [0.25, 0.3) is 10.2 Å². The first-order chi connectivity index (χ1) is 13.3. The van der Waals surface area contributed by atoms with Gasteiger partial charge in [-0.15, -0.1) is 11.3 Å². The van der Waals surface area contributed by atoms with E-state index in [2.05, 4.69) is 4.98 Å². The normalized spacial score (nSPS) is 16.2. The van der Waals surface area contributed by atoms with Gasteiger partial charge in [-0.1, -0.05) is 29.3 Å².